The monoisotopic (exact) mass is 1960 g/mol. The number of halogens is 2. The molecule has 6 aliphatic rings. The van der Waals surface area contributed by atoms with E-state index in [1.165, 1.54) is 80.5 Å². The highest BCUT2D eigenvalue weighted by atomic mass is 32.2. The zero-order valence-corrected chi connectivity index (χ0v) is 80.8. The van der Waals surface area contributed by atoms with E-state index >= 15 is 0 Å². The van der Waals surface area contributed by atoms with Crippen LogP contribution < -0.4 is 43.4 Å². The smallest absolute Gasteiger partial charge is 0.343 e. The SMILES string of the molecule is C.CC[C@@]1(O)C(=O)OCc2c1cc1n(c2=O)Cc2c-1nc1cc(F)c(C)cc1c2CN.CC[C@@]1(O)C(=O)OCc2c1cc1n(c2=O)Cc2c-1nc1cc(F)c(C)cc1c2CNC(=O)COCNC(=O)[C@H](C)CC(=O)[C@@H](C)NC(=O)[C@H](C)CC(=O)CCCCCN1C(=O)C=CC1=O.CN(C)C.C[C@H](CC(=O)[C@@H](C)NC(=O)[C@H](C)CC(=O)CCCCCN1C(=O)C=CC1=O)C(=O)NCOCC(=O)O.[2H]CSC. The van der Waals surface area contributed by atoms with Crippen molar-refractivity contribution in [1.29, 1.82) is 0 Å². The average molecular weight is 1960 g/mol. The summed E-state index contributed by atoms with van der Waals surface area (Å²) in [5, 5.41) is 44.8. The van der Waals surface area contributed by atoms with Gasteiger partial charge in [0, 0.05) is 159 Å². The molecule has 8 atom stereocenters. The van der Waals surface area contributed by atoms with Gasteiger partial charge in [0.2, 0.25) is 29.5 Å². The van der Waals surface area contributed by atoms with Crippen LogP contribution in [0.1, 0.15) is 210 Å². The number of aliphatic hydroxyl groups is 2. The second kappa shape index (κ2) is 51.3. The standard InChI is InChI=1S/C46H53FN6O12.C24H35N3O9.C22H20FN3O4.C3H9N.C2H6S.CH4/c1-6-46(63)33-17-36-41-31(20-53(36)44(61)32(33)21-65-45(46)62)30(29-15-24(2)34(47)18-35(29)51-41)19-48-38(56)22-64-23-49-42(59)26(4)16-37(55)27(5)50-43(60)25(3)14-28(54)10-8-7-9-13-52-39(57)11-12-40(52)58;1-15(11-18(28)7-5-4-6-10-27-20(30)8-9-21(27)31)24(35)26-17(3)19(29)12-16(2)23(34)25-14-36-13-22(32)33;1-3-22(29)15-5-18-19-13(8-26(18)20(27)14(15)9-30-21(22)28)12(7-24)11-4-10(2)16(23)6-17(11)25-19;1-4(2)3;1-3-2;/h11-12,15,17-18,25-27,63H,6-10,13-14,16,19-23H2,1-5H3,(H,48,56)(H,49,59)(H,50,60);8-9,15-17H,4-7,10-14H2,1-3H3,(H,25,34)(H,26,35)(H,32,33);4-6,29H,3,7-9,24H2,1-2H3;1-3H3;1-2H3;1H4/t25-,26-,27-,46+;15-,16-,17-;22-;;;/m110.../s1/i;;;;1D;. The molecule has 0 saturated heterocycles. The molecule has 754 valence electrons. The van der Waals surface area contributed by atoms with Gasteiger partial charge in [0.1, 0.15) is 63.1 Å². The van der Waals surface area contributed by atoms with Crippen LogP contribution in [0.5, 0.6) is 0 Å². The van der Waals surface area contributed by atoms with Crippen LogP contribution in [0.2, 0.25) is 0 Å². The summed E-state index contributed by atoms with van der Waals surface area (Å²) in [5.74, 6) is -11.4. The Labute approximate surface area is 808 Å². The number of aryl methyl sites for hydroxylation is 2. The number of esters is 2. The van der Waals surface area contributed by atoms with Crippen molar-refractivity contribution in [2.75, 3.05) is 73.4 Å². The predicted octanol–water partition coefficient (Wildman–Crippen LogP) is 6.54. The maximum Gasteiger partial charge on any atom is 0.343 e. The molecule has 10 N–H and O–H groups in total. The van der Waals surface area contributed by atoms with Crippen LogP contribution in [0.15, 0.2) is 70.3 Å². The van der Waals surface area contributed by atoms with Crippen LogP contribution in [0, 0.1) is 49.2 Å². The average Bonchev–Trinajstić information content (AvgIpc) is 1.58. The fourth-order valence-corrected chi connectivity index (χ4v) is 16.1. The maximum atomic E-state index is 14.8. The van der Waals surface area contributed by atoms with Crippen molar-refractivity contribution < 1.29 is 121 Å². The number of ketones is 4. The quantitative estimate of drug-likeness (QED) is 0.00850. The summed E-state index contributed by atoms with van der Waals surface area (Å²) >= 11 is 1.52. The van der Waals surface area contributed by atoms with E-state index in [0.717, 1.165) is 26.3 Å². The summed E-state index contributed by atoms with van der Waals surface area (Å²) < 4.78 is 58.8. The van der Waals surface area contributed by atoms with Gasteiger partial charge in [-0.3, -0.25) is 81.7 Å². The molecule has 0 spiro atoms. The predicted molar refractivity (Wildman–Crippen MR) is 509 cm³/mol. The van der Waals surface area contributed by atoms with Crippen molar-refractivity contribution in [3.05, 3.63) is 149 Å². The summed E-state index contributed by atoms with van der Waals surface area (Å²) in [6.07, 6.45) is 11.0. The summed E-state index contributed by atoms with van der Waals surface area (Å²) in [5.41, 5.74) is 8.00. The van der Waals surface area contributed by atoms with Crippen molar-refractivity contribution in [1.82, 2.24) is 60.4 Å². The third kappa shape index (κ3) is 28.6. The molecule has 0 fully saturated rings. The van der Waals surface area contributed by atoms with Crippen molar-refractivity contribution in [2.24, 2.45) is 29.4 Å². The second-order valence-electron chi connectivity index (χ2n) is 35.2. The number of nitrogens with zero attached hydrogens (tertiary/aromatic N) is 7. The number of carbonyl (C=O) groups excluding carboxylic acids is 15. The lowest BCUT2D eigenvalue weighted by atomic mass is 9.86. The lowest BCUT2D eigenvalue weighted by Crippen LogP contribution is -2.44. The third-order valence-electron chi connectivity index (χ3n) is 24.0. The van der Waals surface area contributed by atoms with Crippen LogP contribution in [-0.4, -0.2) is 229 Å². The molecule has 12 rings (SSSR count). The molecule has 4 aromatic heterocycles. The molecule has 139 heavy (non-hydrogen) atoms. The van der Waals surface area contributed by atoms with Crippen LogP contribution in [0.4, 0.5) is 8.78 Å². The minimum absolute atomic E-state index is 0. The molecule has 10 heterocycles. The Balaban J connectivity index is 0.000000298. The van der Waals surface area contributed by atoms with E-state index in [2.05, 4.69) is 31.6 Å². The number of pyridine rings is 4. The maximum absolute atomic E-state index is 14.8. The summed E-state index contributed by atoms with van der Waals surface area (Å²) in [4.78, 5) is 235. The number of hydrogen-bond donors (Lipinski definition) is 9. The molecule has 0 bridgehead atoms. The van der Waals surface area contributed by atoms with Gasteiger partial charge in [0.05, 0.1) is 70.1 Å². The van der Waals surface area contributed by atoms with Crippen molar-refractivity contribution in [3.63, 3.8) is 0 Å². The number of ether oxygens (including phenoxy) is 4. The number of unbranched alkanes of at least 4 members (excludes halogenated alkanes) is 4. The number of carboxylic acids is 1. The number of fused-ring (bicyclic) bond motifs is 10. The van der Waals surface area contributed by atoms with Gasteiger partial charge in [-0.25, -0.2) is 33.1 Å². The van der Waals surface area contributed by atoms with Crippen LogP contribution in [-0.2, 0) is 146 Å². The number of thioether (sulfide) groups is 1. The topological polar surface area (TPSA) is 536 Å². The molecule has 0 radical (unpaired) electrons. The number of imide groups is 2. The molecule has 38 nitrogen and oxygen atoms in total. The number of aliphatic carboxylic acids is 1. The van der Waals surface area contributed by atoms with Crippen molar-refractivity contribution in [2.45, 2.75) is 229 Å². The van der Waals surface area contributed by atoms with E-state index in [4.69, 9.17) is 36.1 Å². The summed E-state index contributed by atoms with van der Waals surface area (Å²) in [6, 6.07) is 7.36. The number of carboxylic acid groups (broad SMARTS) is 1. The van der Waals surface area contributed by atoms with Crippen molar-refractivity contribution >= 4 is 128 Å². The summed E-state index contributed by atoms with van der Waals surface area (Å²) in [7, 11) is 6.00. The van der Waals surface area contributed by atoms with E-state index in [1.54, 1.807) is 70.4 Å². The zero-order chi connectivity index (χ0) is 103. The van der Waals surface area contributed by atoms with Gasteiger partial charge in [0.15, 0.2) is 22.8 Å². The van der Waals surface area contributed by atoms with E-state index < -0.39 is 125 Å². The number of nitrogens with two attached hydrogens (primary N) is 1. The van der Waals surface area contributed by atoms with Crippen LogP contribution >= 0.6 is 11.8 Å². The highest BCUT2D eigenvalue weighted by Gasteiger charge is 2.48. The van der Waals surface area contributed by atoms with E-state index in [0.29, 0.717) is 107 Å². The van der Waals surface area contributed by atoms with Gasteiger partial charge in [0.25, 0.3) is 34.7 Å². The number of rotatable bonds is 41. The van der Waals surface area contributed by atoms with Crippen LogP contribution in [0.3, 0.4) is 0 Å². The number of cyclic esters (lactones) is 2. The Morgan fingerprint density at radius 2 is 0.914 bits per heavy atom. The van der Waals surface area contributed by atoms with E-state index in [-0.39, 0.29) is 198 Å². The Hall–Kier alpha value is -12.7. The largest absolute Gasteiger partial charge is 0.480 e. The first kappa shape index (κ1) is 112. The first-order valence-corrected chi connectivity index (χ1v) is 46.7. The molecule has 9 amide bonds. The van der Waals surface area contributed by atoms with Gasteiger partial charge in [-0.05, 0) is 146 Å². The highest BCUT2D eigenvalue weighted by molar-refractivity contribution is 7.97. The molecule has 6 aromatic rings. The van der Waals surface area contributed by atoms with Gasteiger partial charge in [-0.1, -0.05) is 61.8 Å². The Morgan fingerprint density at radius 3 is 1.28 bits per heavy atom. The van der Waals surface area contributed by atoms with Gasteiger partial charge in [-0.2, -0.15) is 11.8 Å². The Morgan fingerprint density at radius 1 is 0.547 bits per heavy atom. The van der Waals surface area contributed by atoms with E-state index in [1.807, 2.05) is 32.3 Å². The lowest BCUT2D eigenvalue weighted by Gasteiger charge is -2.31. The Bertz CT molecular complexity index is 5900. The van der Waals surface area contributed by atoms with Gasteiger partial charge in [-0.15, -0.1) is 0 Å². The molecule has 0 unspecified atom stereocenters. The molecule has 6 aliphatic heterocycles. The molecule has 2 aromatic carbocycles. The van der Waals surface area contributed by atoms with E-state index in [9.17, 15) is 105 Å². The first-order valence-electron chi connectivity index (χ1n) is 46.0. The lowest BCUT2D eigenvalue weighted by molar-refractivity contribution is -0.172. The van der Waals surface area contributed by atoms with Gasteiger partial charge < -0.3 is 80.6 Å². The minimum Gasteiger partial charge on any atom is -0.480 e. The highest BCUT2D eigenvalue weighted by Crippen LogP contribution is 2.43. The number of amides is 9. The molecular formula is C98H127F2N13O25S. The Kier molecular flexibility index (Phi) is 41.2. The minimum atomic E-state index is -2.04. The number of aromatic nitrogens is 4. The molecule has 0 saturated carbocycles. The van der Waals surface area contributed by atoms with Gasteiger partial charge >= 0.3 is 17.9 Å². The fourth-order valence-electron chi connectivity index (χ4n) is 16.1. The number of Topliss-reactive ketones (excluding diaryl/α,β-unsaturated/α-hetero) is 4. The zero-order valence-electron chi connectivity index (χ0n) is 81.0. The third-order valence-corrected chi connectivity index (χ3v) is 24.0. The first-order chi connectivity index (χ1) is 65.7. The van der Waals surface area contributed by atoms with Crippen molar-refractivity contribution in [3.8, 4) is 22.8 Å². The fraction of sp³-hybridized carbons (Fsp3) is 0.510. The number of hydrogen-bond acceptors (Lipinski definition) is 29. The normalized spacial score (nSPS) is 16.8. The second-order valence-corrected chi connectivity index (χ2v) is 35.8. The number of benzene rings is 2. The number of nitrogens with one attached hydrogen (secondary N) is 5. The summed E-state index contributed by atoms with van der Waals surface area (Å²) in [6.45, 7) is 14.6. The van der Waals surface area contributed by atoms with Crippen LogP contribution in [0.25, 0.3) is 44.6 Å². The number of carbonyl (C=O) groups is 16. The molecule has 0 aliphatic carbocycles. The molecular weight excluding hydrogens is 1830 g/mol. The molecule has 41 heteroatoms.